The maximum atomic E-state index is 12.2. The first kappa shape index (κ1) is 20.8. The molecule has 26 heavy (non-hydrogen) atoms. The van der Waals surface area contributed by atoms with Crippen LogP contribution in [0.25, 0.3) is 0 Å². The van der Waals surface area contributed by atoms with Gasteiger partial charge in [-0.2, -0.15) is 0 Å². The number of aliphatic hydroxyl groups excluding tert-OH is 3. The Hall–Kier alpha value is -1.48. The molecule has 2 rings (SSSR count). The number of hydrogen-bond donors (Lipinski definition) is 7. The first-order valence-electron chi connectivity index (χ1n) is 6.80. The Kier molecular flexibility index (Phi) is 5.04. The summed E-state index contributed by atoms with van der Waals surface area (Å²) in [6.45, 7) is -1.74. The summed E-state index contributed by atoms with van der Waals surface area (Å²) in [4.78, 5) is 36.0. The van der Waals surface area contributed by atoms with E-state index in [9.17, 15) is 50.1 Å². The number of rotatable bonds is 3. The summed E-state index contributed by atoms with van der Waals surface area (Å²) in [5.74, 6) is -16.8. The second kappa shape index (κ2) is 6.30. The van der Waals surface area contributed by atoms with Crippen molar-refractivity contribution in [3.63, 3.8) is 0 Å². The van der Waals surface area contributed by atoms with Crippen LogP contribution in [0.5, 0.6) is 0 Å². The van der Waals surface area contributed by atoms with E-state index in [4.69, 9.17) is 0 Å². The van der Waals surface area contributed by atoms with E-state index in [1.807, 2.05) is 0 Å². The Labute approximate surface area is 151 Å². The molecule has 5 atom stereocenters. The number of carbonyl (C=O) groups excluding carboxylic acids is 3. The van der Waals surface area contributed by atoms with E-state index >= 15 is 0 Å². The molecule has 0 saturated carbocycles. The van der Waals surface area contributed by atoms with Gasteiger partial charge < -0.3 is 0 Å². The minimum atomic E-state index is -4.10. The monoisotopic (exact) mass is 422 g/mol. The van der Waals surface area contributed by atoms with Gasteiger partial charge in [-0.05, 0) is 0 Å². The van der Waals surface area contributed by atoms with Crippen LogP contribution >= 0.6 is 0 Å². The third kappa shape index (κ3) is 2.85. The molecule has 0 aromatic rings. The Morgan fingerprint density at radius 2 is 1.54 bits per heavy atom. The van der Waals surface area contributed by atoms with E-state index in [1.54, 1.807) is 0 Å². The number of ether oxygens (including phenoxy) is 3. The molecule has 2 fully saturated rings. The van der Waals surface area contributed by atoms with E-state index in [0.717, 1.165) is 0 Å². The van der Waals surface area contributed by atoms with Crippen molar-refractivity contribution in [2.45, 2.75) is 41.9 Å². The van der Waals surface area contributed by atoms with Gasteiger partial charge in [0.05, 0.1) is 0 Å². The summed E-state index contributed by atoms with van der Waals surface area (Å²) in [5, 5.41) is 70.2. The number of esters is 3. The fourth-order valence-electron chi connectivity index (χ4n) is 2.46. The first-order valence-corrected chi connectivity index (χ1v) is 7.35. The molecule has 0 radical (unpaired) electrons. The van der Waals surface area contributed by atoms with E-state index < -0.39 is 71.0 Å². The van der Waals surface area contributed by atoms with Crippen molar-refractivity contribution >= 4 is 22.5 Å². The van der Waals surface area contributed by atoms with Gasteiger partial charge in [0.2, 0.25) is 0 Å². The van der Waals surface area contributed by atoms with Crippen molar-refractivity contribution in [1.29, 1.82) is 0 Å². The average molecular weight is 422 g/mol. The van der Waals surface area contributed by atoms with Crippen LogP contribution in [0.3, 0.4) is 0 Å². The van der Waals surface area contributed by atoms with E-state index in [2.05, 4.69) is 29.8 Å². The van der Waals surface area contributed by atoms with Crippen LogP contribution in [-0.2, 0) is 44.2 Å². The summed E-state index contributed by atoms with van der Waals surface area (Å²) in [5.41, 5.74) is -2.92. The van der Waals surface area contributed by atoms with Gasteiger partial charge in [-0.25, -0.2) is 0 Å². The summed E-state index contributed by atoms with van der Waals surface area (Å²) < 4.78 is 11.9. The second-order valence-electron chi connectivity index (χ2n) is 5.72. The molecule has 0 spiro atoms. The molecule has 2 heterocycles. The molecule has 14 heteroatoms. The van der Waals surface area contributed by atoms with Gasteiger partial charge in [-0.3, -0.25) is 0 Å². The zero-order chi connectivity index (χ0) is 20.1. The first-order chi connectivity index (χ1) is 11.7. The molecule has 2 bridgehead atoms. The van der Waals surface area contributed by atoms with E-state index in [1.165, 1.54) is 0 Å². The van der Waals surface area contributed by atoms with Crippen LogP contribution in [0.4, 0.5) is 0 Å². The fraction of sp³-hybridized carbons (Fsp3) is 0.667. The summed E-state index contributed by atoms with van der Waals surface area (Å²) in [7, 11) is 0. The SMILES string of the molecule is O=C1CC2(O)CC(=O)O[C@@](O)(CO)[C@@](O)(OC2=O)[C@](O)(C(O)[C](O)=[Fe+])O1. The Balaban J connectivity index is 2.80. The molecule has 0 amide bonds. The van der Waals surface area contributed by atoms with Crippen LogP contribution in [0.15, 0.2) is 0 Å². The van der Waals surface area contributed by atoms with Crippen molar-refractivity contribution in [3.8, 4) is 0 Å². The number of carbonyl (C=O) groups is 3. The maximum absolute atomic E-state index is 12.2. The molecule has 2 aliphatic rings. The molecular weight excluding hydrogens is 408 g/mol. The summed E-state index contributed by atoms with van der Waals surface area (Å²) in [6.07, 6.45) is -5.36. The molecule has 2 saturated heterocycles. The van der Waals surface area contributed by atoms with Gasteiger partial charge >= 0.3 is 151 Å². The number of fused-ring (bicyclic) bond motifs is 3. The van der Waals surface area contributed by atoms with Crippen molar-refractivity contribution in [2.24, 2.45) is 0 Å². The quantitative estimate of drug-likeness (QED) is 0.128. The van der Waals surface area contributed by atoms with Gasteiger partial charge in [0, 0.05) is 0 Å². The molecule has 2 aliphatic heterocycles. The molecule has 2 unspecified atom stereocenters. The number of aliphatic hydroxyl groups is 7. The molecular formula is C12H14FeO13+. The van der Waals surface area contributed by atoms with E-state index in [-0.39, 0.29) is 0 Å². The fourth-order valence-corrected chi connectivity index (χ4v) is 2.67. The van der Waals surface area contributed by atoms with Crippen molar-refractivity contribution < 1.29 is 79.9 Å². The zero-order valence-electron chi connectivity index (χ0n) is 12.6. The van der Waals surface area contributed by atoms with Crippen LogP contribution in [-0.4, -0.2) is 93.9 Å². The van der Waals surface area contributed by atoms with Gasteiger partial charge in [0.1, 0.15) is 0 Å². The predicted octanol–water partition coefficient (Wildman–Crippen LogP) is -5.38. The Morgan fingerprint density at radius 1 is 1.04 bits per heavy atom. The summed E-state index contributed by atoms with van der Waals surface area (Å²) >= 11 is 2.83. The number of hydrogen-bond acceptors (Lipinski definition) is 13. The molecule has 7 N–H and O–H groups in total. The topological polar surface area (TPSA) is 221 Å². The van der Waals surface area contributed by atoms with Gasteiger partial charge in [-0.1, -0.05) is 0 Å². The van der Waals surface area contributed by atoms with Crippen LogP contribution in [0.2, 0.25) is 0 Å². The van der Waals surface area contributed by atoms with Gasteiger partial charge in [0.25, 0.3) is 0 Å². The van der Waals surface area contributed by atoms with Crippen molar-refractivity contribution in [2.75, 3.05) is 6.61 Å². The van der Waals surface area contributed by atoms with E-state index in [0.29, 0.717) is 0 Å². The van der Waals surface area contributed by atoms with Crippen LogP contribution in [0.1, 0.15) is 12.8 Å². The summed E-state index contributed by atoms with van der Waals surface area (Å²) in [6, 6.07) is 0. The van der Waals surface area contributed by atoms with Crippen molar-refractivity contribution in [3.05, 3.63) is 0 Å². The van der Waals surface area contributed by atoms with Gasteiger partial charge in [-0.15, -0.1) is 0 Å². The van der Waals surface area contributed by atoms with Gasteiger partial charge in [0.15, 0.2) is 0 Å². The zero-order valence-corrected chi connectivity index (χ0v) is 13.7. The average Bonchev–Trinajstić information content (AvgIpc) is 2.50. The minimum absolute atomic E-state index is 1.24. The van der Waals surface area contributed by atoms with Crippen LogP contribution in [0, 0.1) is 0 Å². The molecule has 0 aliphatic carbocycles. The normalized spacial score (nSPS) is 41.7. The molecule has 147 valence electrons. The van der Waals surface area contributed by atoms with Crippen molar-refractivity contribution in [1.82, 2.24) is 0 Å². The Morgan fingerprint density at radius 3 is 2.00 bits per heavy atom. The molecule has 13 nitrogen and oxygen atoms in total. The molecule has 0 aromatic carbocycles. The standard InChI is InChI=1S/C12H14O13.Fe/c13-3-5(15)11(21)12(22)10(20,4-14)23-6(16)1-9(19,8(18)25-12)2-7(17)24-11;/h5,13-15,19-22H,1-2,4H2;/q;+1/t5?,9?,10-,11-,12+;/m0./s1. The molecule has 0 aromatic heterocycles. The second-order valence-corrected chi connectivity index (χ2v) is 6.28. The Bertz CT molecular complexity index is 680. The van der Waals surface area contributed by atoms with Crippen LogP contribution < -0.4 is 0 Å². The third-order valence-corrected chi connectivity index (χ3v) is 4.17. The number of cyclic esters (lactones) is 2. The third-order valence-electron chi connectivity index (χ3n) is 3.86. The predicted molar refractivity (Wildman–Crippen MR) is 67.3 cm³/mol.